The molecule has 1 aromatic heterocycles. The smallest absolute Gasteiger partial charge is 0.315 e. The monoisotopic (exact) mass is 280 g/mol. The zero-order valence-corrected chi connectivity index (χ0v) is 12.3. The number of anilines is 1. The van der Waals surface area contributed by atoms with Crippen molar-refractivity contribution >= 4 is 22.4 Å². The van der Waals surface area contributed by atoms with Crippen molar-refractivity contribution < 1.29 is 9.53 Å². The van der Waals surface area contributed by atoms with Crippen LogP contribution in [0.4, 0.5) is 5.13 Å². The van der Waals surface area contributed by atoms with Gasteiger partial charge in [-0.2, -0.15) is 0 Å². The van der Waals surface area contributed by atoms with Crippen LogP contribution in [0.2, 0.25) is 0 Å². The number of nitrogens with zero attached hydrogens (tertiary/aromatic N) is 2. The van der Waals surface area contributed by atoms with Crippen LogP contribution in [-0.2, 0) is 16.0 Å². The average Bonchev–Trinajstić information content (AvgIpc) is 2.94. The number of thiazole rings is 1. The van der Waals surface area contributed by atoms with Crippen molar-refractivity contribution in [3.63, 3.8) is 0 Å². The van der Waals surface area contributed by atoms with Gasteiger partial charge in [0, 0.05) is 18.5 Å². The maximum Gasteiger partial charge on any atom is 0.315 e. The van der Waals surface area contributed by atoms with E-state index >= 15 is 0 Å². The van der Waals surface area contributed by atoms with Crippen molar-refractivity contribution in [3.8, 4) is 0 Å². The minimum Gasteiger partial charge on any atom is -0.465 e. The lowest BCUT2D eigenvalue weighted by Gasteiger charge is -2.15. The summed E-state index contributed by atoms with van der Waals surface area (Å²) in [5, 5.41) is 1.06. The average molecular weight is 280 g/mol. The van der Waals surface area contributed by atoms with Gasteiger partial charge < -0.3 is 9.64 Å². The first-order valence-electron chi connectivity index (χ1n) is 7.06. The fourth-order valence-corrected chi connectivity index (χ4v) is 3.72. The molecule has 3 rings (SSSR count). The normalized spacial score (nSPS) is 21.3. The summed E-state index contributed by atoms with van der Waals surface area (Å²) in [4.78, 5) is 20.1. The minimum absolute atomic E-state index is 0.108. The van der Waals surface area contributed by atoms with E-state index in [4.69, 9.17) is 9.72 Å². The summed E-state index contributed by atoms with van der Waals surface area (Å²) in [6.07, 6.45) is 4.52. The SMILES string of the molecule is CCOC(=O)C1CCc2sc(N(C)CC3CC3)nc21. The van der Waals surface area contributed by atoms with Gasteiger partial charge in [0.1, 0.15) is 5.92 Å². The van der Waals surface area contributed by atoms with Crippen LogP contribution in [0.1, 0.15) is 42.7 Å². The highest BCUT2D eigenvalue weighted by Gasteiger charge is 2.34. The molecular weight excluding hydrogens is 260 g/mol. The lowest BCUT2D eigenvalue weighted by Crippen LogP contribution is -2.20. The van der Waals surface area contributed by atoms with Gasteiger partial charge >= 0.3 is 5.97 Å². The van der Waals surface area contributed by atoms with Crippen molar-refractivity contribution in [2.24, 2.45) is 5.92 Å². The van der Waals surface area contributed by atoms with E-state index in [-0.39, 0.29) is 11.9 Å². The summed E-state index contributed by atoms with van der Waals surface area (Å²) in [5.41, 5.74) is 0.973. The number of carbonyl (C=O) groups excluding carboxylic acids is 1. The lowest BCUT2D eigenvalue weighted by atomic mass is 10.1. The van der Waals surface area contributed by atoms with Crippen LogP contribution in [0.3, 0.4) is 0 Å². The van der Waals surface area contributed by atoms with Gasteiger partial charge in [-0.15, -0.1) is 11.3 Å². The molecule has 0 saturated heterocycles. The molecule has 1 aromatic rings. The van der Waals surface area contributed by atoms with Gasteiger partial charge in [0.25, 0.3) is 0 Å². The molecule has 0 amide bonds. The molecule has 0 bridgehead atoms. The molecule has 0 aliphatic heterocycles. The molecular formula is C14H20N2O2S. The van der Waals surface area contributed by atoms with E-state index in [9.17, 15) is 4.79 Å². The summed E-state index contributed by atoms with van der Waals surface area (Å²) >= 11 is 1.75. The first kappa shape index (κ1) is 12.9. The van der Waals surface area contributed by atoms with Crippen LogP contribution in [0.15, 0.2) is 0 Å². The van der Waals surface area contributed by atoms with Gasteiger partial charge in [0.15, 0.2) is 5.13 Å². The number of esters is 1. The Kier molecular flexibility index (Phi) is 3.48. The molecule has 0 radical (unpaired) electrons. The van der Waals surface area contributed by atoms with Crippen molar-refractivity contribution in [1.82, 2.24) is 4.98 Å². The third-order valence-electron chi connectivity index (χ3n) is 3.83. The Labute approximate surface area is 117 Å². The second kappa shape index (κ2) is 5.12. The summed E-state index contributed by atoms with van der Waals surface area (Å²) in [6, 6.07) is 0. The molecule has 1 saturated carbocycles. The quantitative estimate of drug-likeness (QED) is 0.778. The number of hydrogen-bond acceptors (Lipinski definition) is 5. The van der Waals surface area contributed by atoms with Crippen molar-refractivity contribution in [3.05, 3.63) is 10.6 Å². The third-order valence-corrected chi connectivity index (χ3v) is 5.08. The van der Waals surface area contributed by atoms with E-state index < -0.39 is 0 Å². The molecule has 4 nitrogen and oxygen atoms in total. The summed E-state index contributed by atoms with van der Waals surface area (Å²) in [7, 11) is 2.10. The van der Waals surface area contributed by atoms with Gasteiger partial charge in [0.05, 0.1) is 12.3 Å². The first-order chi connectivity index (χ1) is 9.19. The second-order valence-corrected chi connectivity index (χ2v) is 6.53. The predicted octanol–water partition coefficient (Wildman–Crippen LogP) is 2.58. The largest absolute Gasteiger partial charge is 0.465 e. The van der Waals surface area contributed by atoms with E-state index in [0.717, 1.165) is 36.1 Å². The highest BCUT2D eigenvalue weighted by atomic mass is 32.1. The number of carbonyl (C=O) groups is 1. The predicted molar refractivity (Wildman–Crippen MR) is 75.8 cm³/mol. The van der Waals surface area contributed by atoms with Crippen LogP contribution < -0.4 is 4.90 Å². The topological polar surface area (TPSA) is 42.4 Å². The van der Waals surface area contributed by atoms with Gasteiger partial charge in [-0.05, 0) is 38.5 Å². The number of aryl methyl sites for hydroxylation is 1. The Morgan fingerprint density at radius 2 is 2.26 bits per heavy atom. The van der Waals surface area contributed by atoms with Gasteiger partial charge in [-0.1, -0.05) is 0 Å². The Morgan fingerprint density at radius 1 is 1.47 bits per heavy atom. The number of aromatic nitrogens is 1. The molecule has 19 heavy (non-hydrogen) atoms. The molecule has 2 aliphatic rings. The van der Waals surface area contributed by atoms with Crippen LogP contribution in [0, 0.1) is 5.92 Å². The number of fused-ring (bicyclic) bond motifs is 1. The molecule has 1 unspecified atom stereocenters. The van der Waals surface area contributed by atoms with Crippen molar-refractivity contribution in [1.29, 1.82) is 0 Å². The van der Waals surface area contributed by atoms with Crippen molar-refractivity contribution in [2.45, 2.75) is 38.5 Å². The standard InChI is InChI=1S/C14H20N2O2S/c1-3-18-13(17)10-6-7-11-12(10)15-14(19-11)16(2)8-9-4-5-9/h9-10H,3-8H2,1-2H3. The summed E-state index contributed by atoms with van der Waals surface area (Å²) in [5.74, 6) is 0.613. The Balaban J connectivity index is 1.73. The van der Waals surface area contributed by atoms with E-state index in [0.29, 0.717) is 6.61 Å². The van der Waals surface area contributed by atoms with E-state index in [1.807, 2.05) is 6.92 Å². The zero-order valence-electron chi connectivity index (χ0n) is 11.5. The molecule has 0 spiro atoms. The van der Waals surface area contributed by atoms with Crippen LogP contribution >= 0.6 is 11.3 Å². The van der Waals surface area contributed by atoms with Gasteiger partial charge in [-0.3, -0.25) is 4.79 Å². The Hall–Kier alpha value is -1.10. The number of hydrogen-bond donors (Lipinski definition) is 0. The van der Waals surface area contributed by atoms with Crippen LogP contribution in [-0.4, -0.2) is 31.2 Å². The number of ether oxygens (including phenoxy) is 1. The van der Waals surface area contributed by atoms with Crippen LogP contribution in [0.5, 0.6) is 0 Å². The van der Waals surface area contributed by atoms with Crippen molar-refractivity contribution in [2.75, 3.05) is 25.1 Å². The fourth-order valence-electron chi connectivity index (χ4n) is 2.62. The molecule has 104 valence electrons. The second-order valence-electron chi connectivity index (χ2n) is 5.47. The molecule has 1 fully saturated rings. The number of rotatable bonds is 5. The maximum atomic E-state index is 11.9. The van der Waals surface area contributed by atoms with Gasteiger partial charge in [0.2, 0.25) is 0 Å². The zero-order chi connectivity index (χ0) is 13.4. The molecule has 5 heteroatoms. The fraction of sp³-hybridized carbons (Fsp3) is 0.714. The Bertz CT molecular complexity index is 482. The maximum absolute atomic E-state index is 11.9. The minimum atomic E-state index is -0.130. The highest BCUT2D eigenvalue weighted by Crippen LogP contribution is 2.40. The van der Waals surface area contributed by atoms with E-state index in [2.05, 4.69) is 11.9 Å². The Morgan fingerprint density at radius 3 is 2.95 bits per heavy atom. The van der Waals surface area contributed by atoms with E-state index in [1.54, 1.807) is 11.3 Å². The molecule has 0 N–H and O–H groups in total. The molecule has 1 atom stereocenters. The molecule has 1 heterocycles. The third kappa shape index (κ3) is 2.61. The summed E-state index contributed by atoms with van der Waals surface area (Å²) in [6.45, 7) is 3.39. The van der Waals surface area contributed by atoms with E-state index in [1.165, 1.54) is 17.7 Å². The first-order valence-corrected chi connectivity index (χ1v) is 7.88. The summed E-state index contributed by atoms with van der Waals surface area (Å²) < 4.78 is 5.14. The van der Waals surface area contributed by atoms with Crippen LogP contribution in [0.25, 0.3) is 0 Å². The molecule has 0 aromatic carbocycles. The lowest BCUT2D eigenvalue weighted by molar-refractivity contribution is -0.145. The molecule has 2 aliphatic carbocycles. The van der Waals surface area contributed by atoms with Gasteiger partial charge in [-0.25, -0.2) is 4.98 Å². The highest BCUT2D eigenvalue weighted by molar-refractivity contribution is 7.15.